The van der Waals surface area contributed by atoms with Gasteiger partial charge >= 0.3 is 5.97 Å². The van der Waals surface area contributed by atoms with E-state index >= 15 is 0 Å². The molecule has 1 heterocycles. The van der Waals surface area contributed by atoms with Crippen LogP contribution in [0.2, 0.25) is 0 Å². The van der Waals surface area contributed by atoms with E-state index in [-0.39, 0.29) is 0 Å². The molecule has 0 bridgehead atoms. The number of aliphatic hydroxyl groups is 1. The number of nitrogens with zero attached hydrogens (tertiary/aromatic N) is 1. The third-order valence-corrected chi connectivity index (χ3v) is 5.05. The van der Waals surface area contributed by atoms with E-state index in [0.717, 1.165) is 24.2 Å². The Morgan fingerprint density at radius 1 is 1.27 bits per heavy atom. The predicted molar refractivity (Wildman–Crippen MR) is 95.4 cm³/mol. The van der Waals surface area contributed by atoms with Gasteiger partial charge in [0.15, 0.2) is 23.1 Å². The molecule has 7 nitrogen and oxygen atoms in total. The number of unbranched alkanes of at least 4 members (excludes halogenated alkanes) is 3. The molecule has 1 rings (SSSR count). The maximum Gasteiger partial charge on any atom is 0.336 e. The van der Waals surface area contributed by atoms with Gasteiger partial charge in [0.05, 0.1) is 6.04 Å². The highest BCUT2D eigenvalue weighted by molar-refractivity contribution is 6.26. The Morgan fingerprint density at radius 2 is 1.88 bits per heavy atom. The van der Waals surface area contributed by atoms with Crippen molar-refractivity contribution in [3.05, 3.63) is 12.2 Å². The first-order valence-electron chi connectivity index (χ1n) is 9.04. The van der Waals surface area contributed by atoms with Gasteiger partial charge < -0.3 is 15.1 Å². The number of carboxylic acid groups (broad SMARTS) is 1. The minimum absolute atomic E-state index is 0.439. The van der Waals surface area contributed by atoms with Crippen LogP contribution in [0.1, 0.15) is 52.9 Å². The van der Waals surface area contributed by atoms with Crippen LogP contribution in [0.25, 0.3) is 0 Å². The average molecular weight is 367 g/mol. The molecular weight excluding hydrogens is 338 g/mol. The third-order valence-electron chi connectivity index (χ3n) is 5.05. The van der Waals surface area contributed by atoms with Gasteiger partial charge in [-0.1, -0.05) is 39.7 Å². The summed E-state index contributed by atoms with van der Waals surface area (Å²) in [6, 6.07) is -1.13. The molecule has 0 aliphatic carbocycles. The van der Waals surface area contributed by atoms with Gasteiger partial charge in [0, 0.05) is 13.5 Å². The van der Waals surface area contributed by atoms with Gasteiger partial charge in [0.2, 0.25) is 5.91 Å². The predicted octanol–water partition coefficient (Wildman–Crippen LogP) is 1.58. The SMILES string of the molecule is CCCCC/C=C/C(=O)[C@@H]1C(=O)[C@H](C[C@@](O)(C(=O)O)C(C)C)N(C)C1=O. The fraction of sp³-hybridized carbons (Fsp3) is 0.684. The van der Waals surface area contributed by atoms with E-state index in [2.05, 4.69) is 6.92 Å². The van der Waals surface area contributed by atoms with E-state index in [9.17, 15) is 29.4 Å². The van der Waals surface area contributed by atoms with Crippen LogP contribution in [0.4, 0.5) is 0 Å². The van der Waals surface area contributed by atoms with E-state index in [1.165, 1.54) is 27.0 Å². The maximum atomic E-state index is 12.6. The number of aliphatic carboxylic acids is 1. The standard InChI is InChI=1S/C19H29NO6/c1-5-6-7-8-9-10-14(21)15-16(22)13(20(4)17(15)23)11-19(26,12(2)3)18(24)25/h9-10,12-13,15,26H,5-8,11H2,1-4H3,(H,24,25)/b10-9+/t13-,15+,19-/m0/s1. The first-order chi connectivity index (χ1) is 12.1. The van der Waals surface area contributed by atoms with Crippen molar-refractivity contribution >= 4 is 23.4 Å². The fourth-order valence-electron chi connectivity index (χ4n) is 3.03. The van der Waals surface area contributed by atoms with E-state index in [1.807, 2.05) is 0 Å². The second-order valence-electron chi connectivity index (χ2n) is 7.19. The Balaban J connectivity index is 2.91. The van der Waals surface area contributed by atoms with Crippen molar-refractivity contribution in [3.8, 4) is 0 Å². The number of rotatable bonds is 10. The molecule has 26 heavy (non-hydrogen) atoms. The molecule has 1 fully saturated rings. The number of likely N-dealkylation sites (tertiary alicyclic amines) is 1. The second-order valence-corrected chi connectivity index (χ2v) is 7.19. The van der Waals surface area contributed by atoms with Crippen LogP contribution in [0.15, 0.2) is 12.2 Å². The number of hydrogen-bond acceptors (Lipinski definition) is 5. The molecule has 1 saturated heterocycles. The van der Waals surface area contributed by atoms with Crippen molar-refractivity contribution in [2.75, 3.05) is 7.05 Å². The van der Waals surface area contributed by atoms with Gasteiger partial charge in [-0.05, 0) is 24.8 Å². The highest BCUT2D eigenvalue weighted by Gasteiger charge is 2.53. The van der Waals surface area contributed by atoms with Crippen molar-refractivity contribution in [1.82, 2.24) is 4.90 Å². The number of allylic oxidation sites excluding steroid dienone is 2. The summed E-state index contributed by atoms with van der Waals surface area (Å²) in [5, 5.41) is 19.7. The normalized spacial score (nSPS) is 23.1. The van der Waals surface area contributed by atoms with E-state index < -0.39 is 53.3 Å². The summed E-state index contributed by atoms with van der Waals surface area (Å²) in [5.74, 6) is -5.45. The second kappa shape index (κ2) is 9.07. The number of amides is 1. The number of hydrogen-bond donors (Lipinski definition) is 2. The molecular formula is C19H29NO6. The molecule has 3 atom stereocenters. The minimum Gasteiger partial charge on any atom is -0.479 e. The zero-order chi connectivity index (χ0) is 20.1. The quantitative estimate of drug-likeness (QED) is 0.344. The molecule has 0 aromatic rings. The molecule has 2 N–H and O–H groups in total. The van der Waals surface area contributed by atoms with Gasteiger partial charge in [-0.3, -0.25) is 14.4 Å². The molecule has 0 unspecified atom stereocenters. The van der Waals surface area contributed by atoms with Crippen LogP contribution < -0.4 is 0 Å². The van der Waals surface area contributed by atoms with Gasteiger partial charge in [0.1, 0.15) is 0 Å². The molecule has 7 heteroatoms. The molecule has 0 radical (unpaired) electrons. The third kappa shape index (κ3) is 4.58. The molecule has 0 aromatic heterocycles. The van der Waals surface area contributed by atoms with Gasteiger partial charge in [-0.15, -0.1) is 0 Å². The van der Waals surface area contributed by atoms with Crippen LogP contribution >= 0.6 is 0 Å². The van der Waals surface area contributed by atoms with Crippen LogP contribution in [-0.4, -0.2) is 57.2 Å². The Morgan fingerprint density at radius 3 is 2.38 bits per heavy atom. The Labute approximate surface area is 154 Å². The molecule has 146 valence electrons. The summed E-state index contributed by atoms with van der Waals surface area (Å²) in [7, 11) is 1.35. The number of carbonyl (C=O) groups is 4. The monoisotopic (exact) mass is 367 g/mol. The molecule has 0 aromatic carbocycles. The molecule has 1 aliphatic heterocycles. The van der Waals surface area contributed by atoms with Crippen LogP contribution in [-0.2, 0) is 19.2 Å². The van der Waals surface area contributed by atoms with Crippen molar-refractivity contribution in [2.45, 2.75) is 64.5 Å². The zero-order valence-electron chi connectivity index (χ0n) is 15.9. The van der Waals surface area contributed by atoms with E-state index in [1.54, 1.807) is 6.08 Å². The van der Waals surface area contributed by atoms with Crippen molar-refractivity contribution in [2.24, 2.45) is 11.8 Å². The number of carboxylic acids is 1. The van der Waals surface area contributed by atoms with Crippen molar-refractivity contribution < 1.29 is 29.4 Å². The molecule has 0 spiro atoms. The first-order valence-corrected chi connectivity index (χ1v) is 9.04. The van der Waals surface area contributed by atoms with Crippen LogP contribution in [0, 0.1) is 11.8 Å². The smallest absolute Gasteiger partial charge is 0.336 e. The molecule has 1 aliphatic rings. The minimum atomic E-state index is -2.15. The summed E-state index contributed by atoms with van der Waals surface area (Å²) in [6.07, 6.45) is 6.19. The summed E-state index contributed by atoms with van der Waals surface area (Å²) in [5.41, 5.74) is -2.15. The molecule has 1 amide bonds. The Kier molecular flexibility index (Phi) is 7.68. The number of carbonyl (C=O) groups excluding carboxylic acids is 3. The topological polar surface area (TPSA) is 112 Å². The molecule has 0 saturated carbocycles. The summed E-state index contributed by atoms with van der Waals surface area (Å²) < 4.78 is 0. The van der Waals surface area contributed by atoms with Gasteiger partial charge in [-0.25, -0.2) is 4.79 Å². The summed E-state index contributed by atoms with van der Waals surface area (Å²) >= 11 is 0. The average Bonchev–Trinajstić information content (AvgIpc) is 2.77. The van der Waals surface area contributed by atoms with Crippen LogP contribution in [0.3, 0.4) is 0 Å². The number of ketones is 2. The lowest BCUT2D eigenvalue weighted by molar-refractivity contribution is -0.166. The number of Topliss-reactive ketones (excluding diaryl/α,β-unsaturated/α-hetero) is 1. The van der Waals surface area contributed by atoms with Crippen LogP contribution in [0.5, 0.6) is 0 Å². The highest BCUT2D eigenvalue weighted by Crippen LogP contribution is 2.31. The fourth-order valence-corrected chi connectivity index (χ4v) is 3.03. The Hall–Kier alpha value is -2.02. The van der Waals surface area contributed by atoms with Gasteiger partial charge in [0.25, 0.3) is 0 Å². The summed E-state index contributed by atoms with van der Waals surface area (Å²) in [6.45, 7) is 5.12. The van der Waals surface area contributed by atoms with Gasteiger partial charge in [-0.2, -0.15) is 0 Å². The lowest BCUT2D eigenvalue weighted by Crippen LogP contribution is -2.50. The lowest BCUT2D eigenvalue weighted by atomic mass is 9.82. The van der Waals surface area contributed by atoms with E-state index in [0.29, 0.717) is 6.42 Å². The van der Waals surface area contributed by atoms with E-state index in [4.69, 9.17) is 0 Å². The van der Waals surface area contributed by atoms with Crippen molar-refractivity contribution in [3.63, 3.8) is 0 Å². The lowest BCUT2D eigenvalue weighted by Gasteiger charge is -2.31. The van der Waals surface area contributed by atoms with Crippen molar-refractivity contribution in [1.29, 1.82) is 0 Å². The zero-order valence-corrected chi connectivity index (χ0v) is 15.9. The maximum absolute atomic E-state index is 12.6. The highest BCUT2D eigenvalue weighted by atomic mass is 16.4. The Bertz CT molecular complexity index is 597. The number of likely N-dealkylation sites (N-methyl/N-ethyl adjacent to an activating group) is 1. The largest absolute Gasteiger partial charge is 0.479 e. The summed E-state index contributed by atoms with van der Waals surface area (Å²) in [4.78, 5) is 49.8. The first kappa shape index (κ1) is 22.0.